The fourth-order valence-corrected chi connectivity index (χ4v) is 4.48. The Balaban J connectivity index is 1.52. The summed E-state index contributed by atoms with van der Waals surface area (Å²) >= 11 is 0. The number of nitrogens with zero attached hydrogens (tertiary/aromatic N) is 2. The van der Waals surface area contributed by atoms with E-state index in [4.69, 9.17) is 0 Å². The maximum atomic E-state index is 12.8. The van der Waals surface area contributed by atoms with Crippen molar-refractivity contribution in [3.05, 3.63) is 59.2 Å². The van der Waals surface area contributed by atoms with E-state index in [2.05, 4.69) is 60.2 Å². The number of fused-ring (bicyclic) bond motifs is 3. The van der Waals surface area contributed by atoms with Gasteiger partial charge < -0.3 is 10.4 Å². The van der Waals surface area contributed by atoms with Gasteiger partial charge in [0, 0.05) is 48.3 Å². The highest BCUT2D eigenvalue weighted by Gasteiger charge is 2.25. The van der Waals surface area contributed by atoms with Gasteiger partial charge in [0.25, 0.3) is 5.91 Å². The van der Waals surface area contributed by atoms with Crippen LogP contribution in [0.1, 0.15) is 49.2 Å². The molecule has 0 radical (unpaired) electrons. The van der Waals surface area contributed by atoms with Crippen LogP contribution in [0.2, 0.25) is 0 Å². The summed E-state index contributed by atoms with van der Waals surface area (Å²) in [6.07, 6.45) is 0.806. The lowest BCUT2D eigenvalue weighted by atomic mass is 10.0. The Bertz CT molecular complexity index is 1090. The molecule has 1 heterocycles. The van der Waals surface area contributed by atoms with Crippen molar-refractivity contribution in [3.8, 4) is 28.3 Å². The third-order valence-electron chi connectivity index (χ3n) is 6.02. The van der Waals surface area contributed by atoms with Gasteiger partial charge in [0.2, 0.25) is 0 Å². The molecule has 0 unspecified atom stereocenters. The molecule has 31 heavy (non-hydrogen) atoms. The van der Waals surface area contributed by atoms with E-state index in [0.29, 0.717) is 18.6 Å². The van der Waals surface area contributed by atoms with Gasteiger partial charge >= 0.3 is 0 Å². The van der Waals surface area contributed by atoms with Crippen LogP contribution in [0.4, 0.5) is 0 Å². The summed E-state index contributed by atoms with van der Waals surface area (Å²) in [4.78, 5) is 15.1. The number of nitrogens with one attached hydrogen (secondary N) is 2. The number of phenolic OH excluding ortho intramolecular Hbond substituents is 1. The molecular formula is C25H30N4O2. The van der Waals surface area contributed by atoms with Gasteiger partial charge in [0.05, 0.1) is 17.0 Å². The Labute approximate surface area is 183 Å². The molecule has 1 aliphatic carbocycles. The number of amides is 1. The molecule has 4 rings (SSSR count). The zero-order chi connectivity index (χ0) is 22.1. The second-order valence-corrected chi connectivity index (χ2v) is 8.67. The fraction of sp³-hybridized carbons (Fsp3) is 0.360. The van der Waals surface area contributed by atoms with Crippen LogP contribution >= 0.6 is 0 Å². The van der Waals surface area contributed by atoms with E-state index in [-0.39, 0.29) is 17.2 Å². The summed E-state index contributed by atoms with van der Waals surface area (Å²) in [5.74, 6) is -0.302. The van der Waals surface area contributed by atoms with Crippen LogP contribution in [-0.2, 0) is 6.42 Å². The molecule has 0 saturated heterocycles. The first-order valence-corrected chi connectivity index (χ1v) is 10.9. The van der Waals surface area contributed by atoms with Crippen LogP contribution in [-0.4, -0.2) is 51.3 Å². The smallest absolute Gasteiger partial charge is 0.255 e. The number of H-pyrrole nitrogens is 1. The lowest BCUT2D eigenvalue weighted by molar-refractivity contribution is 0.0937. The molecule has 6 heteroatoms. The molecule has 1 amide bonds. The highest BCUT2D eigenvalue weighted by molar-refractivity contribution is 5.98. The van der Waals surface area contributed by atoms with Gasteiger partial charge in [-0.25, -0.2) is 0 Å². The SMILES string of the molecule is CC(C)N(CCNC(=O)c1cc(-c2n[nH]c3c2Cc2ccccc2-3)ccc1O)C(C)C. The lowest BCUT2D eigenvalue weighted by Crippen LogP contribution is -2.42. The topological polar surface area (TPSA) is 81.2 Å². The van der Waals surface area contributed by atoms with Crippen molar-refractivity contribution >= 4 is 5.91 Å². The number of carbonyl (C=O) groups excluding carboxylic acids is 1. The van der Waals surface area contributed by atoms with E-state index >= 15 is 0 Å². The Morgan fingerprint density at radius 1 is 1.16 bits per heavy atom. The zero-order valence-electron chi connectivity index (χ0n) is 18.6. The highest BCUT2D eigenvalue weighted by atomic mass is 16.3. The molecule has 0 saturated carbocycles. The number of hydrogen-bond acceptors (Lipinski definition) is 4. The maximum Gasteiger partial charge on any atom is 0.255 e. The second kappa shape index (κ2) is 8.55. The zero-order valence-corrected chi connectivity index (χ0v) is 18.6. The Kier molecular flexibility index (Phi) is 5.83. The monoisotopic (exact) mass is 418 g/mol. The molecule has 3 N–H and O–H groups in total. The van der Waals surface area contributed by atoms with Crippen molar-refractivity contribution in [3.63, 3.8) is 0 Å². The van der Waals surface area contributed by atoms with E-state index in [1.54, 1.807) is 12.1 Å². The van der Waals surface area contributed by atoms with Gasteiger partial charge in [-0.15, -0.1) is 0 Å². The summed E-state index contributed by atoms with van der Waals surface area (Å²) in [5, 5.41) is 20.9. The van der Waals surface area contributed by atoms with Gasteiger partial charge in [0.1, 0.15) is 5.75 Å². The number of aromatic hydroxyl groups is 1. The molecule has 0 atom stereocenters. The van der Waals surface area contributed by atoms with E-state index in [1.807, 2.05) is 18.2 Å². The third-order valence-corrected chi connectivity index (χ3v) is 6.02. The second-order valence-electron chi connectivity index (χ2n) is 8.67. The molecule has 1 aromatic heterocycles. The molecule has 0 fully saturated rings. The number of carbonyl (C=O) groups is 1. The van der Waals surface area contributed by atoms with Crippen LogP contribution in [0.3, 0.4) is 0 Å². The molecular weight excluding hydrogens is 388 g/mol. The Morgan fingerprint density at radius 3 is 2.65 bits per heavy atom. The summed E-state index contributed by atoms with van der Waals surface area (Å²) in [7, 11) is 0. The predicted octanol–water partition coefficient (Wildman–Crippen LogP) is 4.20. The van der Waals surface area contributed by atoms with E-state index in [9.17, 15) is 9.90 Å². The first kappa shape index (κ1) is 21.1. The maximum absolute atomic E-state index is 12.8. The van der Waals surface area contributed by atoms with Gasteiger partial charge in [0.15, 0.2) is 0 Å². The molecule has 162 valence electrons. The van der Waals surface area contributed by atoms with Crippen LogP contribution in [0.25, 0.3) is 22.5 Å². The molecule has 0 bridgehead atoms. The third kappa shape index (κ3) is 4.08. The van der Waals surface area contributed by atoms with Gasteiger partial charge in [-0.1, -0.05) is 24.3 Å². The normalized spacial score (nSPS) is 12.5. The molecule has 3 aromatic rings. The van der Waals surface area contributed by atoms with Crippen molar-refractivity contribution in [2.75, 3.05) is 13.1 Å². The van der Waals surface area contributed by atoms with Crippen LogP contribution in [0.15, 0.2) is 42.5 Å². The summed E-state index contributed by atoms with van der Waals surface area (Å²) in [6, 6.07) is 14.2. The molecule has 2 aromatic carbocycles. The number of aromatic nitrogens is 2. The summed E-state index contributed by atoms with van der Waals surface area (Å²) in [5.41, 5.74) is 6.52. The summed E-state index contributed by atoms with van der Waals surface area (Å²) < 4.78 is 0. The first-order chi connectivity index (χ1) is 14.9. The Hall–Kier alpha value is -3.12. The highest BCUT2D eigenvalue weighted by Crippen LogP contribution is 2.40. The quantitative estimate of drug-likeness (QED) is 0.420. The minimum Gasteiger partial charge on any atom is -0.507 e. The first-order valence-electron chi connectivity index (χ1n) is 10.9. The lowest BCUT2D eigenvalue weighted by Gasteiger charge is -2.30. The minimum atomic E-state index is -0.276. The predicted molar refractivity (Wildman–Crippen MR) is 123 cm³/mol. The van der Waals surface area contributed by atoms with Crippen LogP contribution in [0, 0.1) is 0 Å². The largest absolute Gasteiger partial charge is 0.507 e. The Morgan fingerprint density at radius 2 is 1.90 bits per heavy atom. The number of rotatable bonds is 7. The van der Waals surface area contributed by atoms with Gasteiger partial charge in [-0.3, -0.25) is 14.8 Å². The molecule has 1 aliphatic rings. The van der Waals surface area contributed by atoms with Crippen LogP contribution < -0.4 is 5.32 Å². The standard InChI is InChI=1S/C25H30N4O2/c1-15(2)29(16(3)4)12-11-26-25(31)20-14-18(9-10-22(20)30)23-21-13-17-7-5-6-8-19(17)24(21)28-27-23/h5-10,14-16,30H,11-13H2,1-4H3,(H,26,31)(H,27,28). The summed E-state index contributed by atoms with van der Waals surface area (Å²) in [6.45, 7) is 9.88. The van der Waals surface area contributed by atoms with Crippen molar-refractivity contribution < 1.29 is 9.90 Å². The number of hydrogen-bond donors (Lipinski definition) is 3. The minimum absolute atomic E-state index is 0.0266. The average molecular weight is 419 g/mol. The van der Waals surface area contributed by atoms with Crippen molar-refractivity contribution in [1.82, 2.24) is 20.4 Å². The van der Waals surface area contributed by atoms with E-state index < -0.39 is 0 Å². The van der Waals surface area contributed by atoms with E-state index in [0.717, 1.165) is 35.5 Å². The van der Waals surface area contributed by atoms with Crippen LogP contribution in [0.5, 0.6) is 5.75 Å². The molecule has 0 spiro atoms. The number of benzene rings is 2. The molecule has 6 nitrogen and oxygen atoms in total. The van der Waals surface area contributed by atoms with Crippen molar-refractivity contribution in [2.24, 2.45) is 0 Å². The number of aromatic amines is 1. The van der Waals surface area contributed by atoms with E-state index in [1.165, 1.54) is 11.1 Å². The van der Waals surface area contributed by atoms with Crippen molar-refractivity contribution in [2.45, 2.75) is 46.2 Å². The van der Waals surface area contributed by atoms with Gasteiger partial charge in [-0.2, -0.15) is 5.10 Å². The average Bonchev–Trinajstić information content (AvgIpc) is 3.30. The molecule has 0 aliphatic heterocycles. The fourth-order valence-electron chi connectivity index (χ4n) is 4.48. The number of phenols is 1. The van der Waals surface area contributed by atoms with Crippen molar-refractivity contribution in [1.29, 1.82) is 0 Å². The van der Waals surface area contributed by atoms with Gasteiger partial charge in [-0.05, 0) is 51.5 Å².